The van der Waals surface area contributed by atoms with Crippen LogP contribution in [0.5, 0.6) is 17.2 Å². The second kappa shape index (κ2) is 11.4. The van der Waals surface area contributed by atoms with Gasteiger partial charge in [0.05, 0.1) is 19.9 Å². The third kappa shape index (κ3) is 5.45. The van der Waals surface area contributed by atoms with Gasteiger partial charge in [0.1, 0.15) is 5.75 Å². The van der Waals surface area contributed by atoms with Crippen LogP contribution in [0.4, 0.5) is 5.69 Å². The number of guanidine groups is 1. The Bertz CT molecular complexity index is 1010. The lowest BCUT2D eigenvalue weighted by atomic mass is 9.99. The van der Waals surface area contributed by atoms with E-state index in [2.05, 4.69) is 27.3 Å². The Morgan fingerprint density at radius 2 is 1.88 bits per heavy atom. The predicted molar refractivity (Wildman–Crippen MR) is 139 cm³/mol. The summed E-state index contributed by atoms with van der Waals surface area (Å²) in [6, 6.07) is 11.8. The molecule has 9 heteroatoms. The third-order valence-electron chi connectivity index (χ3n) is 5.88. The minimum atomic E-state index is -0.00917. The molecule has 0 fully saturated rings. The molecule has 4 rings (SSSR count). The molecule has 2 aliphatic rings. The zero-order valence-corrected chi connectivity index (χ0v) is 21.6. The molecular formula is C24H31IN4O4. The number of rotatable bonds is 6. The number of hydrogen-bond acceptors (Lipinski definition) is 5. The van der Waals surface area contributed by atoms with E-state index in [9.17, 15) is 4.79 Å². The van der Waals surface area contributed by atoms with Crippen LogP contribution in [0, 0.1) is 0 Å². The van der Waals surface area contributed by atoms with Gasteiger partial charge in [-0.1, -0.05) is 12.1 Å². The molecule has 0 spiro atoms. The van der Waals surface area contributed by atoms with Crippen molar-refractivity contribution in [2.45, 2.75) is 19.4 Å². The molecule has 0 saturated carbocycles. The fraction of sp³-hybridized carbons (Fsp3) is 0.417. The minimum absolute atomic E-state index is 0. The van der Waals surface area contributed by atoms with Crippen LogP contribution in [0.3, 0.4) is 0 Å². The van der Waals surface area contributed by atoms with Gasteiger partial charge in [0.15, 0.2) is 24.1 Å². The molecule has 2 aromatic carbocycles. The van der Waals surface area contributed by atoms with Crippen molar-refractivity contribution in [2.24, 2.45) is 4.99 Å². The maximum Gasteiger partial charge on any atom is 0.265 e. The summed E-state index contributed by atoms with van der Waals surface area (Å²) in [6.45, 7) is 3.06. The summed E-state index contributed by atoms with van der Waals surface area (Å²) in [7, 11) is 5.12. The Morgan fingerprint density at radius 1 is 1.15 bits per heavy atom. The molecule has 178 valence electrons. The first-order valence-corrected chi connectivity index (χ1v) is 10.9. The number of hydrogen-bond donors (Lipinski definition) is 1. The summed E-state index contributed by atoms with van der Waals surface area (Å²) in [6.07, 6.45) is 1.71. The lowest BCUT2D eigenvalue weighted by molar-refractivity contribution is -0.121. The van der Waals surface area contributed by atoms with Crippen LogP contribution in [0.25, 0.3) is 0 Å². The van der Waals surface area contributed by atoms with Crippen LogP contribution in [-0.2, 0) is 17.8 Å². The third-order valence-corrected chi connectivity index (χ3v) is 5.88. The summed E-state index contributed by atoms with van der Waals surface area (Å²) in [4.78, 5) is 20.8. The summed E-state index contributed by atoms with van der Waals surface area (Å²) in [5.74, 6) is 3.12. The summed E-state index contributed by atoms with van der Waals surface area (Å²) in [5, 5.41) is 3.45. The van der Waals surface area contributed by atoms with Crippen LogP contribution in [0.1, 0.15) is 17.5 Å². The Hall–Kier alpha value is -2.69. The molecule has 0 bridgehead atoms. The number of benzene rings is 2. The molecule has 8 nitrogen and oxygen atoms in total. The number of methoxy groups -OCH3 is 2. The number of carbonyl (C=O) groups excluding carboxylic acids is 1. The topological polar surface area (TPSA) is 75.6 Å². The van der Waals surface area contributed by atoms with Crippen molar-refractivity contribution in [3.8, 4) is 17.2 Å². The second-order valence-corrected chi connectivity index (χ2v) is 7.78. The van der Waals surface area contributed by atoms with Crippen molar-refractivity contribution >= 4 is 41.5 Å². The van der Waals surface area contributed by atoms with E-state index in [0.29, 0.717) is 6.54 Å². The van der Waals surface area contributed by atoms with E-state index < -0.39 is 0 Å². The maximum absolute atomic E-state index is 12.3. The zero-order valence-electron chi connectivity index (χ0n) is 19.3. The highest BCUT2D eigenvalue weighted by Crippen LogP contribution is 2.33. The largest absolute Gasteiger partial charge is 0.493 e. The van der Waals surface area contributed by atoms with Gasteiger partial charge in [0.2, 0.25) is 0 Å². The summed E-state index contributed by atoms with van der Waals surface area (Å²) < 4.78 is 16.4. The second-order valence-electron chi connectivity index (χ2n) is 7.78. The monoisotopic (exact) mass is 566 g/mol. The normalized spacial score (nSPS) is 15.1. The highest BCUT2D eigenvalue weighted by atomic mass is 127. The van der Waals surface area contributed by atoms with Gasteiger partial charge in [0, 0.05) is 33.2 Å². The predicted octanol–water partition coefficient (Wildman–Crippen LogP) is 3.07. The molecule has 0 aromatic heterocycles. The van der Waals surface area contributed by atoms with Crippen LogP contribution in [-0.4, -0.2) is 64.3 Å². The van der Waals surface area contributed by atoms with Gasteiger partial charge in [-0.05, 0) is 48.2 Å². The number of nitrogens with one attached hydrogen (secondary N) is 1. The van der Waals surface area contributed by atoms with E-state index in [4.69, 9.17) is 14.2 Å². The number of ether oxygens (including phenoxy) is 3. The highest BCUT2D eigenvalue weighted by molar-refractivity contribution is 14.0. The lowest BCUT2D eigenvalue weighted by Crippen LogP contribution is -2.45. The molecule has 0 saturated heterocycles. The van der Waals surface area contributed by atoms with E-state index in [1.165, 1.54) is 11.1 Å². The van der Waals surface area contributed by atoms with Crippen LogP contribution >= 0.6 is 24.0 Å². The first-order chi connectivity index (χ1) is 15.6. The van der Waals surface area contributed by atoms with E-state index in [0.717, 1.165) is 61.4 Å². The molecule has 2 aromatic rings. The number of aliphatic imine (C=N–C) groups is 1. The molecule has 33 heavy (non-hydrogen) atoms. The molecule has 0 aliphatic carbocycles. The van der Waals surface area contributed by atoms with E-state index >= 15 is 0 Å². The van der Waals surface area contributed by atoms with Crippen molar-refractivity contribution in [1.82, 2.24) is 10.2 Å². The highest BCUT2D eigenvalue weighted by Gasteiger charge is 2.25. The molecule has 0 atom stereocenters. The summed E-state index contributed by atoms with van der Waals surface area (Å²) >= 11 is 0. The fourth-order valence-corrected chi connectivity index (χ4v) is 4.23. The standard InChI is InChI=1S/C24H30N4O4.HI/c1-25-24(27-12-9-17-13-21(30-2)22(31-3)14-18(17)15-27)26-10-6-11-28-19-7-4-5-8-20(19)32-16-23(28)29;/h4-5,7-8,13-14H,6,9-12,15-16H2,1-3H3,(H,25,26);1H. The van der Waals surface area contributed by atoms with Crippen molar-refractivity contribution in [1.29, 1.82) is 0 Å². The first-order valence-electron chi connectivity index (χ1n) is 10.9. The molecule has 0 radical (unpaired) electrons. The number of anilines is 1. The first kappa shape index (κ1) is 24.9. The zero-order chi connectivity index (χ0) is 22.5. The van der Waals surface area contributed by atoms with Gasteiger partial charge in [-0.3, -0.25) is 9.79 Å². The van der Waals surface area contributed by atoms with E-state index in [-0.39, 0.29) is 36.5 Å². The van der Waals surface area contributed by atoms with Crippen molar-refractivity contribution in [2.75, 3.05) is 52.4 Å². The van der Waals surface area contributed by atoms with Gasteiger partial charge in [0.25, 0.3) is 5.91 Å². The number of carbonyl (C=O) groups is 1. The van der Waals surface area contributed by atoms with E-state index in [1.807, 2.05) is 24.3 Å². The number of nitrogens with zero attached hydrogens (tertiary/aromatic N) is 3. The Balaban J connectivity index is 0.00000306. The number of para-hydroxylation sites is 2. The van der Waals surface area contributed by atoms with Crippen LogP contribution in [0.15, 0.2) is 41.4 Å². The average molecular weight is 566 g/mol. The smallest absolute Gasteiger partial charge is 0.265 e. The SMILES string of the molecule is CN=C(NCCCN1C(=O)COc2ccccc21)N1CCc2cc(OC)c(OC)cc2C1.I. The minimum Gasteiger partial charge on any atom is -0.493 e. The van der Waals surface area contributed by atoms with Crippen LogP contribution in [0.2, 0.25) is 0 Å². The summed E-state index contributed by atoms with van der Waals surface area (Å²) in [5.41, 5.74) is 3.33. The van der Waals surface area contributed by atoms with Crippen molar-refractivity contribution in [3.05, 3.63) is 47.5 Å². The molecule has 1 amide bonds. The van der Waals surface area contributed by atoms with Crippen molar-refractivity contribution < 1.29 is 19.0 Å². The number of halogens is 1. The van der Waals surface area contributed by atoms with Crippen LogP contribution < -0.4 is 24.4 Å². The molecular weight excluding hydrogens is 535 g/mol. The lowest BCUT2D eigenvalue weighted by Gasteiger charge is -2.32. The van der Waals surface area contributed by atoms with Gasteiger partial charge in [-0.15, -0.1) is 24.0 Å². The number of amides is 1. The Morgan fingerprint density at radius 3 is 2.61 bits per heavy atom. The molecule has 2 aliphatic heterocycles. The molecule has 2 heterocycles. The Labute approximate surface area is 211 Å². The quantitative estimate of drug-likeness (QED) is 0.251. The Kier molecular flexibility index (Phi) is 8.65. The number of fused-ring (bicyclic) bond motifs is 2. The molecule has 0 unspecified atom stereocenters. The van der Waals surface area contributed by atoms with Gasteiger partial charge in [-0.2, -0.15) is 0 Å². The molecule has 1 N–H and O–H groups in total. The van der Waals surface area contributed by atoms with Gasteiger partial charge >= 0.3 is 0 Å². The van der Waals surface area contributed by atoms with E-state index in [1.54, 1.807) is 26.2 Å². The fourth-order valence-electron chi connectivity index (χ4n) is 4.23. The maximum atomic E-state index is 12.3. The van der Waals surface area contributed by atoms with Gasteiger partial charge < -0.3 is 29.3 Å². The van der Waals surface area contributed by atoms with Crippen molar-refractivity contribution in [3.63, 3.8) is 0 Å². The average Bonchev–Trinajstić information content (AvgIpc) is 2.84. The van der Waals surface area contributed by atoms with Gasteiger partial charge in [-0.25, -0.2) is 0 Å².